The number of piperidine rings is 1. The molecule has 1 fully saturated rings. The van der Waals surface area contributed by atoms with Crippen LogP contribution in [0.15, 0.2) is 42.6 Å². The van der Waals surface area contributed by atoms with Crippen LogP contribution in [-0.4, -0.2) is 64.5 Å². The lowest BCUT2D eigenvalue weighted by Crippen LogP contribution is -2.42. The van der Waals surface area contributed by atoms with E-state index < -0.39 is 29.1 Å². The van der Waals surface area contributed by atoms with Gasteiger partial charge in [-0.2, -0.15) is 0 Å². The molecule has 0 saturated carbocycles. The topological polar surface area (TPSA) is 112 Å². The second-order valence-corrected chi connectivity index (χ2v) is 10.2. The van der Waals surface area contributed by atoms with E-state index in [1.165, 1.54) is 0 Å². The number of halogens is 2. The maximum atomic E-state index is 13.4. The first-order chi connectivity index (χ1) is 18.7. The van der Waals surface area contributed by atoms with E-state index >= 15 is 0 Å². The minimum atomic E-state index is -0.923. The lowest BCUT2D eigenvalue weighted by atomic mass is 9.71. The standard InChI is InChI=1S/C29H34F2N2O6/c1-38-22-2-3-25-24(15-22)28(19(18-34)17-32-25)26(35)4-5-29(16-27(36)37)6-8-33(9-7-29)10-11-39-23-13-20(30)12-21(31)14-23/h2-3,12-15,17,26,34-35H,4-11,16,18H2,1H3,(H,36,37)/t26-/m0/s1. The summed E-state index contributed by atoms with van der Waals surface area (Å²) in [4.78, 5) is 18.3. The Morgan fingerprint density at radius 2 is 1.85 bits per heavy atom. The van der Waals surface area contributed by atoms with Crippen LogP contribution in [0, 0.1) is 17.0 Å². The van der Waals surface area contributed by atoms with Crippen molar-refractivity contribution in [3.63, 3.8) is 0 Å². The number of ether oxygens (including phenoxy) is 2. The fourth-order valence-electron chi connectivity index (χ4n) is 5.46. The fourth-order valence-corrected chi connectivity index (χ4v) is 5.46. The first-order valence-corrected chi connectivity index (χ1v) is 13.0. The molecule has 3 aromatic rings. The van der Waals surface area contributed by atoms with Crippen LogP contribution in [0.2, 0.25) is 0 Å². The number of aliphatic hydroxyl groups excluding tert-OH is 2. The van der Waals surface area contributed by atoms with Crippen molar-refractivity contribution >= 4 is 16.9 Å². The van der Waals surface area contributed by atoms with Gasteiger partial charge < -0.3 is 24.8 Å². The van der Waals surface area contributed by atoms with Gasteiger partial charge in [-0.1, -0.05) is 0 Å². The Kier molecular flexibility index (Phi) is 9.32. The Labute approximate surface area is 225 Å². The van der Waals surface area contributed by atoms with Crippen LogP contribution in [0.1, 0.15) is 49.3 Å². The zero-order chi connectivity index (χ0) is 28.0. The van der Waals surface area contributed by atoms with Crippen LogP contribution in [0.5, 0.6) is 11.5 Å². The summed E-state index contributed by atoms with van der Waals surface area (Å²) in [6, 6.07) is 8.41. The smallest absolute Gasteiger partial charge is 0.303 e. The molecule has 1 saturated heterocycles. The number of aliphatic carboxylic acids is 1. The maximum Gasteiger partial charge on any atom is 0.303 e. The summed E-state index contributed by atoms with van der Waals surface area (Å²) in [6.45, 7) is 1.78. The number of carboxylic acids is 1. The van der Waals surface area contributed by atoms with Crippen molar-refractivity contribution in [2.45, 2.75) is 44.8 Å². The molecule has 1 aromatic heterocycles. The number of carbonyl (C=O) groups is 1. The molecule has 0 spiro atoms. The number of rotatable bonds is 12. The third kappa shape index (κ3) is 7.20. The average molecular weight is 545 g/mol. The van der Waals surface area contributed by atoms with Crippen molar-refractivity contribution in [1.29, 1.82) is 0 Å². The van der Waals surface area contributed by atoms with Gasteiger partial charge in [-0.15, -0.1) is 0 Å². The van der Waals surface area contributed by atoms with E-state index in [1.807, 2.05) is 0 Å². The van der Waals surface area contributed by atoms with E-state index in [4.69, 9.17) is 9.47 Å². The number of aromatic nitrogens is 1. The molecule has 39 heavy (non-hydrogen) atoms. The number of fused-ring (bicyclic) bond motifs is 1. The molecular formula is C29H34F2N2O6. The molecule has 0 amide bonds. The second-order valence-electron chi connectivity index (χ2n) is 10.2. The molecule has 1 aliphatic rings. The summed E-state index contributed by atoms with van der Waals surface area (Å²) in [5.74, 6) is -1.55. The van der Waals surface area contributed by atoms with E-state index in [0.29, 0.717) is 73.1 Å². The van der Waals surface area contributed by atoms with Crippen LogP contribution in [0.3, 0.4) is 0 Å². The lowest BCUT2D eigenvalue weighted by molar-refractivity contribution is -0.141. The van der Waals surface area contributed by atoms with Crippen molar-refractivity contribution in [2.24, 2.45) is 5.41 Å². The third-order valence-corrected chi connectivity index (χ3v) is 7.61. The minimum Gasteiger partial charge on any atom is -0.497 e. The van der Waals surface area contributed by atoms with Gasteiger partial charge >= 0.3 is 5.97 Å². The molecule has 0 aliphatic carbocycles. The van der Waals surface area contributed by atoms with Gasteiger partial charge in [0.2, 0.25) is 0 Å². The Morgan fingerprint density at radius 3 is 2.49 bits per heavy atom. The summed E-state index contributed by atoms with van der Waals surface area (Å²) >= 11 is 0. The number of aliphatic hydroxyl groups is 2. The highest BCUT2D eigenvalue weighted by Crippen LogP contribution is 2.42. The van der Waals surface area contributed by atoms with Gasteiger partial charge in [0.05, 0.1) is 31.8 Å². The number of likely N-dealkylation sites (tertiary alicyclic amines) is 1. The minimum absolute atomic E-state index is 0.00952. The first-order valence-electron chi connectivity index (χ1n) is 13.0. The zero-order valence-electron chi connectivity index (χ0n) is 21.9. The fraction of sp³-hybridized carbons (Fsp3) is 0.448. The average Bonchev–Trinajstić information content (AvgIpc) is 2.91. The number of nitrogens with zero attached hydrogens (tertiary/aromatic N) is 2. The highest BCUT2D eigenvalue weighted by Gasteiger charge is 2.37. The predicted molar refractivity (Wildman–Crippen MR) is 141 cm³/mol. The lowest BCUT2D eigenvalue weighted by Gasteiger charge is -2.41. The van der Waals surface area contributed by atoms with Gasteiger partial charge in [0.1, 0.15) is 29.7 Å². The van der Waals surface area contributed by atoms with Crippen LogP contribution in [0.4, 0.5) is 8.78 Å². The molecular weight excluding hydrogens is 510 g/mol. The molecule has 3 N–H and O–H groups in total. The largest absolute Gasteiger partial charge is 0.497 e. The summed E-state index contributed by atoms with van der Waals surface area (Å²) in [5, 5.41) is 31.6. The van der Waals surface area contributed by atoms with Crippen LogP contribution < -0.4 is 9.47 Å². The molecule has 1 aliphatic heterocycles. The third-order valence-electron chi connectivity index (χ3n) is 7.61. The Balaban J connectivity index is 1.40. The molecule has 0 unspecified atom stereocenters. The van der Waals surface area contributed by atoms with Crippen LogP contribution >= 0.6 is 0 Å². The van der Waals surface area contributed by atoms with Gasteiger partial charge in [-0.3, -0.25) is 14.7 Å². The highest BCUT2D eigenvalue weighted by atomic mass is 19.1. The van der Waals surface area contributed by atoms with Gasteiger partial charge in [0.25, 0.3) is 0 Å². The van der Waals surface area contributed by atoms with Crippen molar-refractivity contribution in [2.75, 3.05) is 33.4 Å². The summed E-state index contributed by atoms with van der Waals surface area (Å²) in [5.41, 5.74) is 1.27. The first kappa shape index (κ1) is 28.7. The van der Waals surface area contributed by atoms with E-state index in [0.717, 1.165) is 18.2 Å². The molecule has 0 radical (unpaired) electrons. The van der Waals surface area contributed by atoms with E-state index in [2.05, 4.69) is 9.88 Å². The normalized spacial score (nSPS) is 16.2. The molecule has 8 nitrogen and oxygen atoms in total. The SMILES string of the molecule is COc1ccc2ncc(CO)c([C@@H](O)CCC3(CC(=O)O)CCN(CCOc4cc(F)cc(F)c4)CC3)c2c1. The zero-order valence-corrected chi connectivity index (χ0v) is 21.9. The Morgan fingerprint density at radius 1 is 1.13 bits per heavy atom. The van der Waals surface area contributed by atoms with Crippen molar-refractivity contribution < 1.29 is 38.4 Å². The predicted octanol–water partition coefficient (Wildman–Crippen LogP) is 4.46. The number of pyridine rings is 1. The second kappa shape index (κ2) is 12.7. The number of methoxy groups -OCH3 is 1. The molecule has 2 heterocycles. The van der Waals surface area contributed by atoms with Crippen LogP contribution in [0.25, 0.3) is 10.9 Å². The van der Waals surface area contributed by atoms with Gasteiger partial charge in [-0.05, 0) is 68.0 Å². The van der Waals surface area contributed by atoms with Crippen LogP contribution in [-0.2, 0) is 11.4 Å². The van der Waals surface area contributed by atoms with E-state index in [9.17, 15) is 28.9 Å². The molecule has 4 rings (SSSR count). The summed E-state index contributed by atoms with van der Waals surface area (Å²) in [6.07, 6.45) is 2.69. The monoisotopic (exact) mass is 544 g/mol. The Hall–Kier alpha value is -3.34. The number of hydrogen-bond donors (Lipinski definition) is 3. The molecule has 1 atom stereocenters. The molecule has 0 bridgehead atoms. The van der Waals surface area contributed by atoms with Gasteiger partial charge in [0, 0.05) is 41.9 Å². The highest BCUT2D eigenvalue weighted by molar-refractivity contribution is 5.85. The molecule has 210 valence electrons. The number of benzene rings is 2. The number of carboxylic acid groups (broad SMARTS) is 1. The summed E-state index contributed by atoms with van der Waals surface area (Å²) in [7, 11) is 1.55. The maximum absolute atomic E-state index is 13.4. The van der Waals surface area contributed by atoms with Crippen molar-refractivity contribution in [1.82, 2.24) is 9.88 Å². The van der Waals surface area contributed by atoms with Gasteiger partial charge in [0.15, 0.2) is 0 Å². The molecule has 10 heteroatoms. The van der Waals surface area contributed by atoms with Gasteiger partial charge in [-0.25, -0.2) is 8.78 Å². The van der Waals surface area contributed by atoms with E-state index in [-0.39, 0.29) is 25.4 Å². The van der Waals surface area contributed by atoms with Crippen molar-refractivity contribution in [3.8, 4) is 11.5 Å². The number of hydrogen-bond acceptors (Lipinski definition) is 7. The molecule has 2 aromatic carbocycles. The van der Waals surface area contributed by atoms with Crippen molar-refractivity contribution in [3.05, 3.63) is 65.4 Å². The Bertz CT molecular complexity index is 1270. The quantitative estimate of drug-likeness (QED) is 0.306. The summed E-state index contributed by atoms with van der Waals surface area (Å²) < 4.78 is 37.6. The van der Waals surface area contributed by atoms with E-state index in [1.54, 1.807) is 31.5 Å².